The van der Waals surface area contributed by atoms with Gasteiger partial charge >= 0.3 is 0 Å². The summed E-state index contributed by atoms with van der Waals surface area (Å²) in [5, 5.41) is 0. The Hall–Kier alpha value is -0.120. The van der Waals surface area contributed by atoms with Crippen LogP contribution in [0.15, 0.2) is 0 Å². The summed E-state index contributed by atoms with van der Waals surface area (Å²) in [6.45, 7) is 14.4. The number of hydrogen-bond donors (Lipinski definition) is 0. The van der Waals surface area contributed by atoms with Gasteiger partial charge in [0.15, 0.2) is 0 Å². The topological polar surface area (TPSA) is 21.7 Å². The van der Waals surface area contributed by atoms with Crippen molar-refractivity contribution in [2.45, 2.75) is 52.4 Å². The molecular formula is C12H25NO2. The standard InChI is InChI=1S/C12H25NO2/c1-10(2)15-9-11-8-13(6-7-14-11)12(3,4)5/h10-11H,6-9H2,1-5H3. The first-order valence-electron chi connectivity index (χ1n) is 5.88. The second-order valence-corrected chi connectivity index (χ2v) is 5.49. The molecule has 1 heterocycles. The minimum atomic E-state index is 0.236. The predicted molar refractivity (Wildman–Crippen MR) is 62.2 cm³/mol. The van der Waals surface area contributed by atoms with Gasteiger partial charge in [-0.15, -0.1) is 0 Å². The number of morpholine rings is 1. The van der Waals surface area contributed by atoms with Gasteiger partial charge in [-0.2, -0.15) is 0 Å². The van der Waals surface area contributed by atoms with E-state index in [1.807, 2.05) is 0 Å². The van der Waals surface area contributed by atoms with E-state index in [4.69, 9.17) is 9.47 Å². The summed E-state index contributed by atoms with van der Waals surface area (Å²) < 4.78 is 11.3. The fourth-order valence-corrected chi connectivity index (χ4v) is 1.73. The second-order valence-electron chi connectivity index (χ2n) is 5.49. The average Bonchev–Trinajstić information content (AvgIpc) is 2.14. The monoisotopic (exact) mass is 215 g/mol. The van der Waals surface area contributed by atoms with Crippen molar-refractivity contribution in [1.82, 2.24) is 4.90 Å². The molecule has 1 saturated heterocycles. The highest BCUT2D eigenvalue weighted by molar-refractivity contribution is 4.81. The minimum Gasteiger partial charge on any atom is -0.376 e. The van der Waals surface area contributed by atoms with E-state index in [0.29, 0.717) is 12.7 Å². The van der Waals surface area contributed by atoms with Crippen LogP contribution in [-0.4, -0.2) is 49.0 Å². The molecule has 0 amide bonds. The number of rotatable bonds is 3. The van der Waals surface area contributed by atoms with Crippen molar-refractivity contribution in [3.63, 3.8) is 0 Å². The zero-order chi connectivity index (χ0) is 11.5. The van der Waals surface area contributed by atoms with Crippen LogP contribution in [0.2, 0.25) is 0 Å². The average molecular weight is 215 g/mol. The molecule has 15 heavy (non-hydrogen) atoms. The van der Waals surface area contributed by atoms with Crippen molar-refractivity contribution in [3.05, 3.63) is 0 Å². The molecule has 1 unspecified atom stereocenters. The Balaban J connectivity index is 2.36. The van der Waals surface area contributed by atoms with Crippen molar-refractivity contribution in [3.8, 4) is 0 Å². The molecular weight excluding hydrogens is 190 g/mol. The van der Waals surface area contributed by atoms with E-state index >= 15 is 0 Å². The van der Waals surface area contributed by atoms with Crippen LogP contribution in [0, 0.1) is 0 Å². The third-order valence-electron chi connectivity index (χ3n) is 2.70. The molecule has 3 nitrogen and oxygen atoms in total. The molecule has 90 valence electrons. The van der Waals surface area contributed by atoms with Crippen LogP contribution >= 0.6 is 0 Å². The van der Waals surface area contributed by atoms with E-state index in [1.165, 1.54) is 0 Å². The van der Waals surface area contributed by atoms with Crippen LogP contribution in [0.3, 0.4) is 0 Å². The lowest BCUT2D eigenvalue weighted by Gasteiger charge is -2.41. The smallest absolute Gasteiger partial charge is 0.0935 e. The lowest BCUT2D eigenvalue weighted by molar-refractivity contribution is -0.0972. The largest absolute Gasteiger partial charge is 0.376 e. The molecule has 0 bridgehead atoms. The maximum absolute atomic E-state index is 5.69. The highest BCUT2D eigenvalue weighted by Crippen LogP contribution is 2.17. The quantitative estimate of drug-likeness (QED) is 0.718. The van der Waals surface area contributed by atoms with Gasteiger partial charge in [-0.25, -0.2) is 0 Å². The Kier molecular flexibility index (Phi) is 4.56. The molecule has 0 aromatic carbocycles. The summed E-state index contributed by atoms with van der Waals surface area (Å²) in [5.74, 6) is 0. The van der Waals surface area contributed by atoms with Gasteiger partial charge in [0.2, 0.25) is 0 Å². The fourth-order valence-electron chi connectivity index (χ4n) is 1.73. The molecule has 0 saturated carbocycles. The van der Waals surface area contributed by atoms with E-state index in [9.17, 15) is 0 Å². The molecule has 0 aromatic heterocycles. The van der Waals surface area contributed by atoms with Crippen molar-refractivity contribution in [1.29, 1.82) is 0 Å². The van der Waals surface area contributed by atoms with E-state index in [1.54, 1.807) is 0 Å². The van der Waals surface area contributed by atoms with Gasteiger partial charge in [-0.05, 0) is 34.6 Å². The molecule has 1 rings (SSSR count). The van der Waals surface area contributed by atoms with Crippen LogP contribution in [0.25, 0.3) is 0 Å². The first kappa shape index (κ1) is 12.9. The van der Waals surface area contributed by atoms with Crippen LogP contribution < -0.4 is 0 Å². The number of hydrogen-bond acceptors (Lipinski definition) is 3. The summed E-state index contributed by atoms with van der Waals surface area (Å²) >= 11 is 0. The van der Waals surface area contributed by atoms with Crippen LogP contribution in [0.5, 0.6) is 0 Å². The Morgan fingerprint density at radius 1 is 1.40 bits per heavy atom. The first-order chi connectivity index (χ1) is 6.89. The molecule has 0 N–H and O–H groups in total. The third kappa shape index (κ3) is 4.49. The van der Waals surface area contributed by atoms with Crippen LogP contribution in [-0.2, 0) is 9.47 Å². The number of nitrogens with zero attached hydrogens (tertiary/aromatic N) is 1. The van der Waals surface area contributed by atoms with Gasteiger partial charge in [0.05, 0.1) is 25.4 Å². The van der Waals surface area contributed by atoms with Crippen molar-refractivity contribution < 1.29 is 9.47 Å². The van der Waals surface area contributed by atoms with E-state index in [0.717, 1.165) is 19.7 Å². The second kappa shape index (κ2) is 5.28. The molecule has 0 spiro atoms. The number of ether oxygens (including phenoxy) is 2. The van der Waals surface area contributed by atoms with E-state index < -0.39 is 0 Å². The molecule has 0 aliphatic carbocycles. The fraction of sp³-hybridized carbons (Fsp3) is 1.00. The van der Waals surface area contributed by atoms with Crippen molar-refractivity contribution in [2.24, 2.45) is 0 Å². The molecule has 1 aliphatic rings. The van der Waals surface area contributed by atoms with Crippen molar-refractivity contribution >= 4 is 0 Å². The van der Waals surface area contributed by atoms with E-state index in [2.05, 4.69) is 39.5 Å². The Labute approximate surface area is 93.7 Å². The zero-order valence-electron chi connectivity index (χ0n) is 10.7. The minimum absolute atomic E-state index is 0.236. The van der Waals surface area contributed by atoms with Gasteiger partial charge < -0.3 is 9.47 Å². The van der Waals surface area contributed by atoms with Crippen LogP contribution in [0.4, 0.5) is 0 Å². The molecule has 1 atom stereocenters. The lowest BCUT2D eigenvalue weighted by atomic mass is 10.0. The molecule has 0 aromatic rings. The first-order valence-corrected chi connectivity index (χ1v) is 5.88. The molecule has 3 heteroatoms. The van der Waals surface area contributed by atoms with Gasteiger partial charge in [-0.1, -0.05) is 0 Å². The normalized spacial score (nSPS) is 24.8. The zero-order valence-corrected chi connectivity index (χ0v) is 10.7. The summed E-state index contributed by atoms with van der Waals surface area (Å²) in [5.41, 5.74) is 0.236. The van der Waals surface area contributed by atoms with Gasteiger partial charge in [0, 0.05) is 18.6 Å². The molecule has 0 radical (unpaired) electrons. The highest BCUT2D eigenvalue weighted by Gasteiger charge is 2.28. The van der Waals surface area contributed by atoms with Gasteiger partial charge in [-0.3, -0.25) is 4.90 Å². The Morgan fingerprint density at radius 3 is 2.60 bits per heavy atom. The summed E-state index contributed by atoms with van der Waals surface area (Å²) in [6.07, 6.45) is 0.527. The van der Waals surface area contributed by atoms with Crippen molar-refractivity contribution in [2.75, 3.05) is 26.3 Å². The molecule has 1 aliphatic heterocycles. The third-order valence-corrected chi connectivity index (χ3v) is 2.70. The Bertz CT molecular complexity index is 187. The van der Waals surface area contributed by atoms with Crippen LogP contribution in [0.1, 0.15) is 34.6 Å². The maximum Gasteiger partial charge on any atom is 0.0935 e. The maximum atomic E-state index is 5.69. The van der Waals surface area contributed by atoms with Gasteiger partial charge in [0.1, 0.15) is 0 Å². The highest BCUT2D eigenvalue weighted by atomic mass is 16.5. The predicted octanol–water partition coefficient (Wildman–Crippen LogP) is 1.91. The summed E-state index contributed by atoms with van der Waals surface area (Å²) in [4.78, 5) is 2.46. The lowest BCUT2D eigenvalue weighted by Crippen LogP contribution is -2.52. The Morgan fingerprint density at radius 2 is 2.07 bits per heavy atom. The molecule has 1 fully saturated rings. The summed E-state index contributed by atoms with van der Waals surface area (Å²) in [6, 6.07) is 0. The SMILES string of the molecule is CC(C)OCC1CN(C(C)(C)C)CCO1. The van der Waals surface area contributed by atoms with E-state index in [-0.39, 0.29) is 11.6 Å². The van der Waals surface area contributed by atoms with Gasteiger partial charge in [0.25, 0.3) is 0 Å². The summed E-state index contributed by atoms with van der Waals surface area (Å²) in [7, 11) is 0.